The third kappa shape index (κ3) is 3.42. The van der Waals surface area contributed by atoms with Crippen molar-refractivity contribution in [1.29, 1.82) is 0 Å². The van der Waals surface area contributed by atoms with Crippen molar-refractivity contribution in [3.63, 3.8) is 0 Å². The van der Waals surface area contributed by atoms with Crippen LogP contribution in [0.4, 0.5) is 4.39 Å². The zero-order chi connectivity index (χ0) is 12.8. The second-order valence-electron chi connectivity index (χ2n) is 3.97. The highest BCUT2D eigenvalue weighted by Crippen LogP contribution is 2.22. The molecule has 0 aliphatic carbocycles. The third-order valence-electron chi connectivity index (χ3n) is 2.53. The van der Waals surface area contributed by atoms with Gasteiger partial charge in [0.25, 0.3) is 0 Å². The lowest BCUT2D eigenvalue weighted by molar-refractivity contribution is 0.106. The van der Waals surface area contributed by atoms with Crippen molar-refractivity contribution >= 4 is 0 Å². The number of ether oxygens (including phenoxy) is 1. The van der Waals surface area contributed by atoms with Gasteiger partial charge in [0.1, 0.15) is 23.9 Å². The standard InChI is InChI=1S/C14H16FNO2/c15-12-4-2-11(3-5-12)14-7-6-13(18-14)10-17-9-1-8-16/h2-7H,1,8-10,16H2. The molecule has 0 unspecified atom stereocenters. The highest BCUT2D eigenvalue weighted by molar-refractivity contribution is 5.57. The van der Waals surface area contributed by atoms with Crippen molar-refractivity contribution in [2.45, 2.75) is 13.0 Å². The summed E-state index contributed by atoms with van der Waals surface area (Å²) < 4.78 is 23.8. The fourth-order valence-corrected chi connectivity index (χ4v) is 1.58. The molecule has 0 fully saturated rings. The fourth-order valence-electron chi connectivity index (χ4n) is 1.58. The van der Waals surface area contributed by atoms with Crippen molar-refractivity contribution < 1.29 is 13.5 Å². The Balaban J connectivity index is 1.95. The minimum absolute atomic E-state index is 0.254. The second kappa shape index (κ2) is 6.33. The molecule has 0 aliphatic rings. The van der Waals surface area contributed by atoms with E-state index in [0.29, 0.717) is 25.5 Å². The molecule has 0 radical (unpaired) electrons. The molecule has 0 spiro atoms. The number of furan rings is 1. The maximum absolute atomic E-state index is 12.8. The molecule has 3 nitrogen and oxygen atoms in total. The van der Waals surface area contributed by atoms with Gasteiger partial charge in [0.2, 0.25) is 0 Å². The van der Waals surface area contributed by atoms with Gasteiger partial charge >= 0.3 is 0 Å². The van der Waals surface area contributed by atoms with E-state index in [1.807, 2.05) is 12.1 Å². The smallest absolute Gasteiger partial charge is 0.134 e. The SMILES string of the molecule is NCCCOCc1ccc(-c2ccc(F)cc2)o1. The van der Waals surface area contributed by atoms with Crippen molar-refractivity contribution in [2.24, 2.45) is 5.73 Å². The molecular weight excluding hydrogens is 233 g/mol. The molecule has 2 aromatic rings. The Labute approximate surface area is 105 Å². The van der Waals surface area contributed by atoms with E-state index in [9.17, 15) is 4.39 Å². The van der Waals surface area contributed by atoms with E-state index < -0.39 is 0 Å². The molecule has 4 heteroatoms. The number of hydrogen-bond donors (Lipinski definition) is 1. The van der Waals surface area contributed by atoms with Gasteiger partial charge in [0.15, 0.2) is 0 Å². The van der Waals surface area contributed by atoms with Crippen LogP contribution in [0.15, 0.2) is 40.8 Å². The Bertz CT molecular complexity index is 479. The molecule has 96 valence electrons. The summed E-state index contributed by atoms with van der Waals surface area (Å²) >= 11 is 0. The summed E-state index contributed by atoms with van der Waals surface area (Å²) in [5.41, 5.74) is 6.22. The monoisotopic (exact) mass is 249 g/mol. The van der Waals surface area contributed by atoms with Crippen LogP contribution in [0, 0.1) is 5.82 Å². The number of nitrogens with two attached hydrogens (primary N) is 1. The third-order valence-corrected chi connectivity index (χ3v) is 2.53. The topological polar surface area (TPSA) is 48.4 Å². The van der Waals surface area contributed by atoms with Crippen molar-refractivity contribution in [3.05, 3.63) is 48.0 Å². The lowest BCUT2D eigenvalue weighted by Gasteiger charge is -2.00. The predicted molar refractivity (Wildman–Crippen MR) is 67.4 cm³/mol. The number of rotatable bonds is 6. The first-order valence-corrected chi connectivity index (χ1v) is 5.92. The largest absolute Gasteiger partial charge is 0.459 e. The molecule has 18 heavy (non-hydrogen) atoms. The molecule has 2 rings (SSSR count). The first-order valence-electron chi connectivity index (χ1n) is 5.92. The maximum atomic E-state index is 12.8. The molecule has 0 amide bonds. The second-order valence-corrected chi connectivity index (χ2v) is 3.97. The summed E-state index contributed by atoms with van der Waals surface area (Å²) in [5.74, 6) is 1.22. The fraction of sp³-hybridized carbons (Fsp3) is 0.286. The van der Waals surface area contributed by atoms with Crippen molar-refractivity contribution in [1.82, 2.24) is 0 Å². The van der Waals surface area contributed by atoms with Crippen LogP contribution in [0.2, 0.25) is 0 Å². The van der Waals surface area contributed by atoms with Gasteiger partial charge in [-0.1, -0.05) is 0 Å². The van der Waals surface area contributed by atoms with Crippen LogP contribution in [0.1, 0.15) is 12.2 Å². The summed E-state index contributed by atoms with van der Waals surface area (Å²) in [5, 5.41) is 0. The van der Waals surface area contributed by atoms with Crippen LogP contribution in [0.5, 0.6) is 0 Å². The van der Waals surface area contributed by atoms with Crippen molar-refractivity contribution in [2.75, 3.05) is 13.2 Å². The van der Waals surface area contributed by atoms with Crippen LogP contribution in [0.25, 0.3) is 11.3 Å². The highest BCUT2D eigenvalue weighted by atomic mass is 19.1. The quantitative estimate of drug-likeness (QED) is 0.801. The van der Waals surface area contributed by atoms with E-state index in [1.54, 1.807) is 12.1 Å². The summed E-state index contributed by atoms with van der Waals surface area (Å²) in [6.07, 6.45) is 0.839. The Morgan fingerprint density at radius 3 is 2.61 bits per heavy atom. The van der Waals surface area contributed by atoms with E-state index >= 15 is 0 Å². The summed E-state index contributed by atoms with van der Waals surface area (Å²) in [6, 6.07) is 9.92. The molecular formula is C14H16FNO2. The molecule has 0 saturated heterocycles. The lowest BCUT2D eigenvalue weighted by Crippen LogP contribution is -2.03. The first-order chi connectivity index (χ1) is 8.79. The minimum atomic E-state index is -0.254. The number of hydrogen-bond acceptors (Lipinski definition) is 3. The van der Waals surface area contributed by atoms with Gasteiger partial charge in [-0.15, -0.1) is 0 Å². The molecule has 1 aromatic carbocycles. The van der Waals surface area contributed by atoms with Gasteiger partial charge in [-0.2, -0.15) is 0 Å². The van der Waals surface area contributed by atoms with Gasteiger partial charge < -0.3 is 14.9 Å². The van der Waals surface area contributed by atoms with Crippen LogP contribution in [-0.4, -0.2) is 13.2 Å². The van der Waals surface area contributed by atoms with Crippen molar-refractivity contribution in [3.8, 4) is 11.3 Å². The molecule has 0 saturated carbocycles. The molecule has 1 aromatic heterocycles. The molecule has 0 atom stereocenters. The Hall–Kier alpha value is -1.65. The average molecular weight is 249 g/mol. The summed E-state index contributed by atoms with van der Waals surface area (Å²) in [4.78, 5) is 0. The Morgan fingerprint density at radius 1 is 1.11 bits per heavy atom. The maximum Gasteiger partial charge on any atom is 0.134 e. The predicted octanol–water partition coefficient (Wildman–Crippen LogP) is 2.95. The van der Waals surface area contributed by atoms with Crippen LogP contribution >= 0.6 is 0 Å². The summed E-state index contributed by atoms with van der Waals surface area (Å²) in [6.45, 7) is 1.68. The Kier molecular flexibility index (Phi) is 4.50. The minimum Gasteiger partial charge on any atom is -0.459 e. The van der Waals surface area contributed by atoms with Gasteiger partial charge in [0.05, 0.1) is 0 Å². The van der Waals surface area contributed by atoms with Crippen LogP contribution in [-0.2, 0) is 11.3 Å². The molecule has 0 bridgehead atoms. The molecule has 1 heterocycles. The van der Waals surface area contributed by atoms with E-state index in [-0.39, 0.29) is 5.82 Å². The average Bonchev–Trinajstić information content (AvgIpc) is 2.84. The number of halogens is 1. The molecule has 2 N–H and O–H groups in total. The van der Waals surface area contributed by atoms with Gasteiger partial charge in [-0.05, 0) is 49.4 Å². The van der Waals surface area contributed by atoms with E-state index in [0.717, 1.165) is 17.7 Å². The molecule has 0 aliphatic heterocycles. The van der Waals surface area contributed by atoms with E-state index in [1.165, 1.54) is 12.1 Å². The zero-order valence-corrected chi connectivity index (χ0v) is 10.1. The first kappa shape index (κ1) is 12.8. The van der Waals surface area contributed by atoms with Crippen LogP contribution < -0.4 is 5.73 Å². The van der Waals surface area contributed by atoms with Gasteiger partial charge in [-0.25, -0.2) is 4.39 Å². The van der Waals surface area contributed by atoms with E-state index in [4.69, 9.17) is 14.9 Å². The summed E-state index contributed by atoms with van der Waals surface area (Å²) in [7, 11) is 0. The van der Waals surface area contributed by atoms with Gasteiger partial charge in [-0.3, -0.25) is 0 Å². The van der Waals surface area contributed by atoms with Gasteiger partial charge in [0, 0.05) is 12.2 Å². The highest BCUT2D eigenvalue weighted by Gasteiger charge is 2.04. The lowest BCUT2D eigenvalue weighted by atomic mass is 10.2. The Morgan fingerprint density at radius 2 is 1.89 bits per heavy atom. The van der Waals surface area contributed by atoms with Crippen LogP contribution in [0.3, 0.4) is 0 Å². The number of benzene rings is 1. The van der Waals surface area contributed by atoms with E-state index in [2.05, 4.69) is 0 Å². The normalized spacial score (nSPS) is 10.8. The zero-order valence-electron chi connectivity index (χ0n) is 10.1.